The molecule has 0 bridgehead atoms. The van der Waals surface area contributed by atoms with Crippen molar-refractivity contribution >= 4 is 15.5 Å². The van der Waals surface area contributed by atoms with Gasteiger partial charge in [0.1, 0.15) is 0 Å². The lowest BCUT2D eigenvalue weighted by Gasteiger charge is -2.32. The highest BCUT2D eigenvalue weighted by Gasteiger charge is 2.32. The quantitative estimate of drug-likeness (QED) is 0.851. The van der Waals surface area contributed by atoms with Crippen LogP contribution in [0.2, 0.25) is 0 Å². The minimum atomic E-state index is -3.15. The van der Waals surface area contributed by atoms with Gasteiger partial charge in [0, 0.05) is 6.04 Å². The molecule has 0 saturated carbocycles. The van der Waals surface area contributed by atoms with Crippen LogP contribution in [-0.2, 0) is 15.3 Å². The van der Waals surface area contributed by atoms with E-state index in [1.54, 1.807) is 6.07 Å². The molecule has 1 N–H and O–H groups in total. The second-order valence-corrected chi connectivity index (χ2v) is 7.96. The Labute approximate surface area is 110 Å². The molecule has 1 aromatic carbocycles. The highest BCUT2D eigenvalue weighted by atomic mass is 32.2. The lowest BCUT2D eigenvalue weighted by atomic mass is 9.85. The van der Waals surface area contributed by atoms with Gasteiger partial charge in [0.15, 0.2) is 9.84 Å². The molecule has 0 saturated heterocycles. The highest BCUT2D eigenvalue weighted by Crippen LogP contribution is 2.38. The van der Waals surface area contributed by atoms with Gasteiger partial charge in [-0.15, -0.1) is 0 Å². The van der Waals surface area contributed by atoms with Gasteiger partial charge >= 0.3 is 0 Å². The number of sulfone groups is 1. The molecular weight excluding hydrogens is 246 g/mol. The van der Waals surface area contributed by atoms with Crippen LogP contribution in [0.4, 0.5) is 5.69 Å². The van der Waals surface area contributed by atoms with E-state index in [1.807, 2.05) is 19.1 Å². The number of hydrogen-bond acceptors (Lipinski definition) is 3. The van der Waals surface area contributed by atoms with Crippen LogP contribution in [0.3, 0.4) is 0 Å². The maximum atomic E-state index is 12.3. The van der Waals surface area contributed by atoms with Crippen molar-refractivity contribution in [1.29, 1.82) is 0 Å². The Morgan fingerprint density at radius 2 is 2.00 bits per heavy atom. The van der Waals surface area contributed by atoms with Crippen molar-refractivity contribution in [3.8, 4) is 0 Å². The van der Waals surface area contributed by atoms with Crippen molar-refractivity contribution in [3.63, 3.8) is 0 Å². The molecule has 0 spiro atoms. The molecule has 1 atom stereocenters. The average molecular weight is 267 g/mol. The fraction of sp³-hybridized carbons (Fsp3) is 0.571. The van der Waals surface area contributed by atoms with E-state index in [9.17, 15) is 8.42 Å². The summed E-state index contributed by atoms with van der Waals surface area (Å²) in [7, 11) is -3.15. The van der Waals surface area contributed by atoms with Crippen LogP contribution in [0.15, 0.2) is 23.1 Å². The monoisotopic (exact) mass is 267 g/mol. The molecule has 100 valence electrons. The molecular formula is C14H21NO2S. The number of hydrogen-bond donors (Lipinski definition) is 1. The molecule has 0 fully saturated rings. The Morgan fingerprint density at radius 1 is 1.33 bits per heavy atom. The first-order valence-electron chi connectivity index (χ1n) is 6.38. The molecule has 3 nitrogen and oxygen atoms in total. The predicted molar refractivity (Wildman–Crippen MR) is 74.9 cm³/mol. The van der Waals surface area contributed by atoms with E-state index in [4.69, 9.17) is 0 Å². The van der Waals surface area contributed by atoms with Crippen LogP contribution in [0.1, 0.15) is 39.7 Å². The standard InChI is InChI=1S/C14H21NO2S/c1-5-10-9-18(16,17)12-8-6-7-11(13(12)15-10)14(2,3)4/h6-8,10,15H,5,9H2,1-4H3. The van der Waals surface area contributed by atoms with Crippen molar-refractivity contribution in [1.82, 2.24) is 0 Å². The van der Waals surface area contributed by atoms with E-state index in [2.05, 4.69) is 26.1 Å². The van der Waals surface area contributed by atoms with Crippen molar-refractivity contribution in [2.24, 2.45) is 0 Å². The fourth-order valence-corrected chi connectivity index (χ4v) is 4.18. The SMILES string of the molecule is CCC1CS(=O)(=O)c2cccc(C(C)(C)C)c2N1. The summed E-state index contributed by atoms with van der Waals surface area (Å²) >= 11 is 0. The average Bonchev–Trinajstić information content (AvgIpc) is 2.26. The van der Waals surface area contributed by atoms with E-state index in [-0.39, 0.29) is 17.2 Å². The number of anilines is 1. The number of fused-ring (bicyclic) bond motifs is 1. The van der Waals surface area contributed by atoms with Crippen LogP contribution in [0.25, 0.3) is 0 Å². The Morgan fingerprint density at radius 3 is 2.56 bits per heavy atom. The van der Waals surface area contributed by atoms with E-state index < -0.39 is 9.84 Å². The molecule has 0 aliphatic carbocycles. The normalized spacial score (nSPS) is 22.1. The molecule has 0 aromatic heterocycles. The van der Waals surface area contributed by atoms with Crippen molar-refractivity contribution < 1.29 is 8.42 Å². The van der Waals surface area contributed by atoms with Gasteiger partial charge in [-0.3, -0.25) is 0 Å². The zero-order valence-corrected chi connectivity index (χ0v) is 12.3. The smallest absolute Gasteiger partial charge is 0.182 e. The van der Waals surface area contributed by atoms with Crippen molar-refractivity contribution in [2.45, 2.75) is 50.5 Å². The Kier molecular flexibility index (Phi) is 3.18. The van der Waals surface area contributed by atoms with Gasteiger partial charge in [-0.1, -0.05) is 39.8 Å². The molecule has 1 aliphatic heterocycles. The summed E-state index contributed by atoms with van der Waals surface area (Å²) in [5.41, 5.74) is 1.81. The van der Waals surface area contributed by atoms with Crippen molar-refractivity contribution in [3.05, 3.63) is 23.8 Å². The van der Waals surface area contributed by atoms with Gasteiger partial charge in [-0.2, -0.15) is 0 Å². The zero-order chi connectivity index (χ0) is 13.6. The number of benzene rings is 1. The zero-order valence-electron chi connectivity index (χ0n) is 11.4. The second kappa shape index (κ2) is 4.26. The summed E-state index contributed by atoms with van der Waals surface area (Å²) in [6, 6.07) is 5.58. The van der Waals surface area contributed by atoms with Gasteiger partial charge in [-0.05, 0) is 23.5 Å². The fourth-order valence-electron chi connectivity index (χ4n) is 2.38. The molecule has 1 aliphatic rings. The van der Waals surface area contributed by atoms with Gasteiger partial charge in [0.2, 0.25) is 0 Å². The van der Waals surface area contributed by atoms with Crippen LogP contribution in [0.5, 0.6) is 0 Å². The summed E-state index contributed by atoms with van der Waals surface area (Å²) in [5, 5.41) is 3.40. The largest absolute Gasteiger partial charge is 0.380 e. The first kappa shape index (κ1) is 13.4. The third-order valence-corrected chi connectivity index (χ3v) is 5.28. The maximum absolute atomic E-state index is 12.3. The van der Waals surface area contributed by atoms with Crippen LogP contribution in [-0.4, -0.2) is 20.2 Å². The lowest BCUT2D eigenvalue weighted by Crippen LogP contribution is -2.35. The molecule has 0 amide bonds. The molecule has 4 heteroatoms. The summed E-state index contributed by atoms with van der Waals surface area (Å²) in [6.07, 6.45) is 0.817. The number of para-hydroxylation sites is 1. The molecule has 1 unspecified atom stereocenters. The summed E-state index contributed by atoms with van der Waals surface area (Å²) in [5.74, 6) is 0.199. The first-order chi connectivity index (χ1) is 8.25. The van der Waals surface area contributed by atoms with E-state index in [0.29, 0.717) is 4.90 Å². The van der Waals surface area contributed by atoms with Gasteiger partial charge in [0.05, 0.1) is 16.3 Å². The Bertz CT molecular complexity index is 556. The van der Waals surface area contributed by atoms with E-state index in [1.165, 1.54) is 0 Å². The minimum absolute atomic E-state index is 0.0194. The topological polar surface area (TPSA) is 46.2 Å². The molecule has 1 aromatic rings. The highest BCUT2D eigenvalue weighted by molar-refractivity contribution is 7.91. The first-order valence-corrected chi connectivity index (χ1v) is 8.03. The van der Waals surface area contributed by atoms with Gasteiger partial charge < -0.3 is 5.32 Å². The molecule has 1 heterocycles. The molecule has 2 rings (SSSR count). The number of rotatable bonds is 1. The Hall–Kier alpha value is -1.03. The summed E-state index contributed by atoms with van der Waals surface area (Å²) in [4.78, 5) is 0.458. The third kappa shape index (κ3) is 2.26. The third-order valence-electron chi connectivity index (χ3n) is 3.43. The maximum Gasteiger partial charge on any atom is 0.182 e. The summed E-state index contributed by atoms with van der Waals surface area (Å²) in [6.45, 7) is 8.32. The van der Waals surface area contributed by atoms with Crippen LogP contribution < -0.4 is 5.32 Å². The molecule has 18 heavy (non-hydrogen) atoms. The Balaban J connectivity index is 2.66. The predicted octanol–water partition coefficient (Wildman–Crippen LogP) is 2.96. The minimum Gasteiger partial charge on any atom is -0.380 e. The van der Waals surface area contributed by atoms with E-state index >= 15 is 0 Å². The van der Waals surface area contributed by atoms with E-state index in [0.717, 1.165) is 17.7 Å². The van der Waals surface area contributed by atoms with Gasteiger partial charge in [0.25, 0.3) is 0 Å². The van der Waals surface area contributed by atoms with Crippen molar-refractivity contribution in [2.75, 3.05) is 11.1 Å². The lowest BCUT2D eigenvalue weighted by molar-refractivity contribution is 0.572. The van der Waals surface area contributed by atoms with Gasteiger partial charge in [-0.25, -0.2) is 8.42 Å². The number of nitrogens with one attached hydrogen (secondary N) is 1. The van der Waals surface area contributed by atoms with Crippen LogP contribution in [0, 0.1) is 0 Å². The summed E-state index contributed by atoms with van der Waals surface area (Å²) < 4.78 is 24.6. The molecule has 0 radical (unpaired) electrons. The second-order valence-electron chi connectivity index (χ2n) is 5.96. The van der Waals surface area contributed by atoms with Crippen LogP contribution >= 0.6 is 0 Å².